The number of piperidine rings is 1. The van der Waals surface area contributed by atoms with Gasteiger partial charge in [0.05, 0.1) is 5.92 Å². The van der Waals surface area contributed by atoms with Crippen molar-refractivity contribution in [3.05, 3.63) is 0 Å². The molecule has 1 saturated heterocycles. The highest BCUT2D eigenvalue weighted by atomic mass is 19.4. The van der Waals surface area contributed by atoms with Crippen LogP contribution in [0.4, 0.5) is 13.2 Å². The van der Waals surface area contributed by atoms with E-state index in [2.05, 4.69) is 37.9 Å². The molecule has 1 heterocycles. The Hall–Kier alpha value is -0.290. The van der Waals surface area contributed by atoms with E-state index in [9.17, 15) is 13.2 Å². The smallest absolute Gasteiger partial charge is 0.311 e. The van der Waals surface area contributed by atoms with E-state index >= 15 is 0 Å². The van der Waals surface area contributed by atoms with Crippen molar-refractivity contribution in [1.29, 1.82) is 0 Å². The average molecular weight is 294 g/mol. The first-order chi connectivity index (χ1) is 9.13. The summed E-state index contributed by atoms with van der Waals surface area (Å²) in [6, 6.07) is 0.355. The predicted octanol–water partition coefficient (Wildman–Crippen LogP) is 3.82. The molecule has 0 saturated carbocycles. The zero-order chi connectivity index (χ0) is 15.4. The van der Waals surface area contributed by atoms with Gasteiger partial charge in [0.25, 0.3) is 0 Å². The third-order valence-electron chi connectivity index (χ3n) is 4.00. The number of likely N-dealkylation sites (tertiary alicyclic amines) is 1. The van der Waals surface area contributed by atoms with Crippen LogP contribution in [0.3, 0.4) is 0 Å². The molecule has 2 nitrogen and oxygen atoms in total. The van der Waals surface area contributed by atoms with Crippen molar-refractivity contribution in [1.82, 2.24) is 10.2 Å². The topological polar surface area (TPSA) is 15.3 Å². The van der Waals surface area contributed by atoms with Crippen molar-refractivity contribution in [3.63, 3.8) is 0 Å². The van der Waals surface area contributed by atoms with Gasteiger partial charge in [-0.05, 0) is 53.1 Å². The highest BCUT2D eigenvalue weighted by Gasteiger charge is 2.41. The van der Waals surface area contributed by atoms with E-state index in [1.165, 1.54) is 0 Å². The molecule has 0 aromatic rings. The molecule has 0 spiro atoms. The van der Waals surface area contributed by atoms with Crippen LogP contribution in [0.25, 0.3) is 0 Å². The van der Waals surface area contributed by atoms with Crippen LogP contribution < -0.4 is 5.32 Å². The Labute approximate surface area is 121 Å². The molecule has 1 N–H and O–H groups in total. The molecule has 0 bridgehead atoms. The van der Waals surface area contributed by atoms with E-state index in [0.29, 0.717) is 19.1 Å². The van der Waals surface area contributed by atoms with Crippen LogP contribution >= 0.6 is 0 Å². The van der Waals surface area contributed by atoms with Crippen LogP contribution in [0.15, 0.2) is 0 Å². The summed E-state index contributed by atoms with van der Waals surface area (Å²) in [5, 5.41) is 3.48. The van der Waals surface area contributed by atoms with Gasteiger partial charge in [-0.25, -0.2) is 0 Å². The second-order valence-electron chi connectivity index (χ2n) is 6.93. The van der Waals surface area contributed by atoms with Crippen LogP contribution in [0.2, 0.25) is 0 Å². The number of nitrogens with zero attached hydrogens (tertiary/aromatic N) is 1. The van der Waals surface area contributed by atoms with Gasteiger partial charge in [-0.1, -0.05) is 13.3 Å². The first-order valence-electron chi connectivity index (χ1n) is 7.69. The van der Waals surface area contributed by atoms with Gasteiger partial charge in [-0.2, -0.15) is 13.2 Å². The van der Waals surface area contributed by atoms with Crippen molar-refractivity contribution in [2.24, 2.45) is 5.92 Å². The lowest BCUT2D eigenvalue weighted by atomic mass is 9.94. The van der Waals surface area contributed by atoms with Gasteiger partial charge >= 0.3 is 6.18 Å². The minimum absolute atomic E-state index is 0.0519. The lowest BCUT2D eigenvalue weighted by molar-refractivity contribution is -0.186. The Morgan fingerprint density at radius 3 is 2.10 bits per heavy atom. The highest BCUT2D eigenvalue weighted by molar-refractivity contribution is 4.84. The average Bonchev–Trinajstić information content (AvgIpc) is 2.32. The lowest BCUT2D eigenvalue weighted by Gasteiger charge is -2.39. The molecule has 0 aromatic carbocycles. The molecule has 1 fully saturated rings. The summed E-state index contributed by atoms with van der Waals surface area (Å²) in [4.78, 5) is 2.24. The number of hydrogen-bond acceptors (Lipinski definition) is 2. The Morgan fingerprint density at radius 2 is 1.70 bits per heavy atom. The molecular weight excluding hydrogens is 265 g/mol. The van der Waals surface area contributed by atoms with Crippen molar-refractivity contribution in [2.75, 3.05) is 19.6 Å². The molecule has 0 amide bonds. The Bertz CT molecular complexity index is 276. The van der Waals surface area contributed by atoms with E-state index in [1.807, 2.05) is 0 Å². The van der Waals surface area contributed by atoms with Gasteiger partial charge in [0.15, 0.2) is 0 Å². The van der Waals surface area contributed by atoms with Crippen molar-refractivity contribution in [3.8, 4) is 0 Å². The van der Waals surface area contributed by atoms with E-state index in [-0.39, 0.29) is 18.4 Å². The van der Waals surface area contributed by atoms with Gasteiger partial charge < -0.3 is 5.32 Å². The number of halogens is 3. The predicted molar refractivity (Wildman–Crippen MR) is 76.8 cm³/mol. The molecule has 1 unspecified atom stereocenters. The maximum Gasteiger partial charge on any atom is 0.391 e. The Morgan fingerprint density at radius 1 is 1.15 bits per heavy atom. The SMILES string of the molecule is CCCC(CNC(C)(C)C)N1CCC(C(F)(F)F)CC1. The molecule has 1 aliphatic rings. The summed E-state index contributed by atoms with van der Waals surface area (Å²) in [5.41, 5.74) is 0.0519. The van der Waals surface area contributed by atoms with E-state index in [4.69, 9.17) is 0 Å². The van der Waals surface area contributed by atoms with Gasteiger partial charge in [-0.15, -0.1) is 0 Å². The number of rotatable bonds is 5. The molecule has 0 aliphatic carbocycles. The Balaban J connectivity index is 2.49. The molecule has 1 atom stereocenters. The van der Waals surface area contributed by atoms with Crippen LogP contribution in [0.5, 0.6) is 0 Å². The van der Waals surface area contributed by atoms with Gasteiger partial charge in [-0.3, -0.25) is 4.90 Å². The van der Waals surface area contributed by atoms with Gasteiger partial charge in [0, 0.05) is 18.1 Å². The molecule has 0 radical (unpaired) electrons. The van der Waals surface area contributed by atoms with Crippen LogP contribution in [-0.4, -0.2) is 42.3 Å². The minimum atomic E-state index is -4.02. The zero-order valence-electron chi connectivity index (χ0n) is 13.2. The maximum absolute atomic E-state index is 12.7. The third kappa shape index (κ3) is 6.00. The standard InChI is InChI=1S/C15H29F3N2/c1-5-6-13(11-19-14(2,3)4)20-9-7-12(8-10-20)15(16,17)18/h12-13,19H,5-11H2,1-4H3. The second-order valence-corrected chi connectivity index (χ2v) is 6.93. The van der Waals surface area contributed by atoms with Gasteiger partial charge in [0.2, 0.25) is 0 Å². The van der Waals surface area contributed by atoms with Crippen molar-refractivity contribution < 1.29 is 13.2 Å². The molecule has 0 aromatic heterocycles. The van der Waals surface area contributed by atoms with Gasteiger partial charge in [0.1, 0.15) is 0 Å². The fourth-order valence-corrected chi connectivity index (χ4v) is 2.76. The van der Waals surface area contributed by atoms with Crippen molar-refractivity contribution >= 4 is 0 Å². The normalized spacial score (nSPS) is 21.1. The second kappa shape index (κ2) is 7.12. The monoisotopic (exact) mass is 294 g/mol. The summed E-state index contributed by atoms with van der Waals surface area (Å²) < 4.78 is 38.1. The molecule has 5 heteroatoms. The first kappa shape index (κ1) is 17.8. The summed E-state index contributed by atoms with van der Waals surface area (Å²) in [5.74, 6) is -1.10. The van der Waals surface area contributed by atoms with E-state index in [1.54, 1.807) is 0 Å². The summed E-state index contributed by atoms with van der Waals surface area (Å²) in [6.07, 6.45) is -1.41. The Kier molecular flexibility index (Phi) is 6.32. The quantitative estimate of drug-likeness (QED) is 0.829. The number of hydrogen-bond donors (Lipinski definition) is 1. The largest absolute Gasteiger partial charge is 0.391 e. The molecular formula is C15H29F3N2. The number of alkyl halides is 3. The maximum atomic E-state index is 12.7. The zero-order valence-corrected chi connectivity index (χ0v) is 13.2. The van der Waals surface area contributed by atoms with E-state index < -0.39 is 12.1 Å². The highest BCUT2D eigenvalue weighted by Crippen LogP contribution is 2.34. The molecule has 1 aliphatic heterocycles. The van der Waals surface area contributed by atoms with E-state index in [0.717, 1.165) is 19.4 Å². The summed E-state index contributed by atoms with van der Waals surface area (Å²) in [7, 11) is 0. The lowest BCUT2D eigenvalue weighted by Crippen LogP contribution is -2.50. The van der Waals surface area contributed by atoms with Crippen LogP contribution in [-0.2, 0) is 0 Å². The summed E-state index contributed by atoms with van der Waals surface area (Å²) >= 11 is 0. The van der Waals surface area contributed by atoms with Crippen LogP contribution in [0, 0.1) is 5.92 Å². The summed E-state index contributed by atoms with van der Waals surface area (Å²) in [6.45, 7) is 10.5. The first-order valence-corrected chi connectivity index (χ1v) is 7.69. The fourth-order valence-electron chi connectivity index (χ4n) is 2.76. The number of nitrogens with one attached hydrogen (secondary N) is 1. The van der Waals surface area contributed by atoms with Crippen molar-refractivity contribution in [2.45, 2.75) is 71.1 Å². The molecule has 1 rings (SSSR count). The third-order valence-corrected chi connectivity index (χ3v) is 4.00. The van der Waals surface area contributed by atoms with Crippen LogP contribution in [0.1, 0.15) is 53.4 Å². The molecule has 20 heavy (non-hydrogen) atoms. The minimum Gasteiger partial charge on any atom is -0.311 e. The molecule has 120 valence electrons. The fraction of sp³-hybridized carbons (Fsp3) is 1.00.